The second-order valence-corrected chi connectivity index (χ2v) is 8.41. The average Bonchev–Trinajstić information content (AvgIpc) is 2.82. The molecule has 1 amide bonds. The normalized spacial score (nSPS) is 10.6. The number of nitrogens with one attached hydrogen (secondary N) is 2. The van der Waals surface area contributed by atoms with Gasteiger partial charge in [0.2, 0.25) is 5.95 Å². The first-order valence-electron chi connectivity index (χ1n) is 10.3. The van der Waals surface area contributed by atoms with Crippen LogP contribution in [0.1, 0.15) is 27.0 Å². The monoisotopic (exact) mass is 486 g/mol. The molecule has 5 nitrogen and oxygen atoms in total. The van der Waals surface area contributed by atoms with E-state index < -0.39 is 0 Å². The number of nitrogens with zero attached hydrogens (tertiary/aromatic N) is 2. The Kier molecular flexibility index (Phi) is 6.92. The highest BCUT2D eigenvalue weighted by atomic mass is 79.9. The summed E-state index contributed by atoms with van der Waals surface area (Å²) in [4.78, 5) is 21.4. The van der Waals surface area contributed by atoms with E-state index in [1.165, 1.54) is 5.56 Å². The van der Waals surface area contributed by atoms with Crippen LogP contribution in [0.4, 0.5) is 5.95 Å². The van der Waals surface area contributed by atoms with Crippen LogP contribution in [-0.4, -0.2) is 15.9 Å². The fourth-order valence-corrected chi connectivity index (χ4v) is 3.78. The van der Waals surface area contributed by atoms with Gasteiger partial charge in [0, 0.05) is 34.9 Å². The quantitative estimate of drug-likeness (QED) is 0.348. The standard InChI is InChI=1S/C26H23BrN4O/c1-18-4-2-5-19(14-18)16-29-25(32)22-10-8-21(9-11-22)24-12-13-28-26(31-24)30-17-20-6-3-7-23(27)15-20/h2-15H,16-17H2,1H3,(H,29,32)(H,28,30,31). The zero-order valence-corrected chi connectivity index (χ0v) is 19.3. The van der Waals surface area contributed by atoms with Crippen LogP contribution in [-0.2, 0) is 13.1 Å². The van der Waals surface area contributed by atoms with Crippen molar-refractivity contribution in [2.45, 2.75) is 20.0 Å². The highest BCUT2D eigenvalue weighted by Gasteiger charge is 2.08. The smallest absolute Gasteiger partial charge is 0.251 e. The molecule has 0 aliphatic rings. The Balaban J connectivity index is 1.39. The van der Waals surface area contributed by atoms with Gasteiger partial charge >= 0.3 is 0 Å². The molecule has 160 valence electrons. The number of hydrogen-bond donors (Lipinski definition) is 2. The Morgan fingerprint density at radius 3 is 2.41 bits per heavy atom. The van der Waals surface area contributed by atoms with Gasteiger partial charge in [-0.2, -0.15) is 0 Å². The van der Waals surface area contributed by atoms with E-state index in [-0.39, 0.29) is 5.91 Å². The Labute approximate surface area is 196 Å². The third kappa shape index (κ3) is 5.80. The minimum absolute atomic E-state index is 0.0999. The van der Waals surface area contributed by atoms with Gasteiger partial charge in [0.1, 0.15) is 0 Å². The van der Waals surface area contributed by atoms with Crippen LogP contribution in [0, 0.1) is 6.92 Å². The van der Waals surface area contributed by atoms with Crippen molar-refractivity contribution in [2.24, 2.45) is 0 Å². The summed E-state index contributed by atoms with van der Waals surface area (Å²) in [7, 11) is 0. The molecular weight excluding hydrogens is 464 g/mol. The molecule has 0 fully saturated rings. The van der Waals surface area contributed by atoms with Crippen molar-refractivity contribution in [2.75, 3.05) is 5.32 Å². The molecule has 0 spiro atoms. The maximum atomic E-state index is 12.5. The summed E-state index contributed by atoms with van der Waals surface area (Å²) in [6, 6.07) is 25.5. The van der Waals surface area contributed by atoms with Crippen LogP contribution in [0.25, 0.3) is 11.3 Å². The van der Waals surface area contributed by atoms with E-state index in [1.807, 2.05) is 73.7 Å². The zero-order valence-electron chi connectivity index (χ0n) is 17.7. The van der Waals surface area contributed by atoms with Crippen LogP contribution in [0.3, 0.4) is 0 Å². The van der Waals surface area contributed by atoms with E-state index >= 15 is 0 Å². The average molecular weight is 487 g/mol. The molecule has 0 unspecified atom stereocenters. The van der Waals surface area contributed by atoms with Gasteiger partial charge in [-0.25, -0.2) is 9.97 Å². The van der Waals surface area contributed by atoms with Crippen molar-refractivity contribution >= 4 is 27.8 Å². The van der Waals surface area contributed by atoms with Gasteiger partial charge in [0.05, 0.1) is 5.69 Å². The highest BCUT2D eigenvalue weighted by molar-refractivity contribution is 9.10. The summed E-state index contributed by atoms with van der Waals surface area (Å²) < 4.78 is 1.04. The predicted molar refractivity (Wildman–Crippen MR) is 131 cm³/mol. The van der Waals surface area contributed by atoms with Crippen molar-refractivity contribution < 1.29 is 4.79 Å². The minimum atomic E-state index is -0.0999. The van der Waals surface area contributed by atoms with Crippen LogP contribution in [0.2, 0.25) is 0 Å². The highest BCUT2D eigenvalue weighted by Crippen LogP contribution is 2.19. The molecule has 0 aliphatic heterocycles. The molecule has 0 radical (unpaired) electrons. The molecule has 3 aromatic carbocycles. The molecule has 4 rings (SSSR count). The van der Waals surface area contributed by atoms with Crippen molar-refractivity contribution in [3.8, 4) is 11.3 Å². The summed E-state index contributed by atoms with van der Waals surface area (Å²) >= 11 is 3.48. The number of benzene rings is 3. The molecule has 0 saturated carbocycles. The fourth-order valence-electron chi connectivity index (χ4n) is 3.33. The van der Waals surface area contributed by atoms with Crippen LogP contribution >= 0.6 is 15.9 Å². The van der Waals surface area contributed by atoms with Gasteiger partial charge in [0.25, 0.3) is 5.91 Å². The number of hydrogen-bond acceptors (Lipinski definition) is 4. The Bertz CT molecular complexity index is 1220. The molecule has 0 atom stereocenters. The lowest BCUT2D eigenvalue weighted by atomic mass is 10.1. The van der Waals surface area contributed by atoms with Gasteiger partial charge in [-0.3, -0.25) is 4.79 Å². The van der Waals surface area contributed by atoms with Crippen molar-refractivity contribution in [3.63, 3.8) is 0 Å². The van der Waals surface area contributed by atoms with Gasteiger partial charge in [-0.1, -0.05) is 70.0 Å². The molecule has 1 aromatic heterocycles. The Hall–Kier alpha value is -3.51. The first-order chi connectivity index (χ1) is 15.6. The number of rotatable bonds is 7. The minimum Gasteiger partial charge on any atom is -0.350 e. The number of aromatic nitrogens is 2. The predicted octanol–water partition coefficient (Wildman–Crippen LogP) is 5.76. The zero-order chi connectivity index (χ0) is 22.3. The maximum absolute atomic E-state index is 12.5. The van der Waals surface area contributed by atoms with Crippen molar-refractivity contribution in [1.29, 1.82) is 0 Å². The van der Waals surface area contributed by atoms with Crippen molar-refractivity contribution in [1.82, 2.24) is 15.3 Å². The van der Waals surface area contributed by atoms with E-state index in [4.69, 9.17) is 0 Å². The van der Waals surface area contributed by atoms with Gasteiger partial charge < -0.3 is 10.6 Å². The second kappa shape index (κ2) is 10.2. The molecule has 0 saturated heterocycles. The third-order valence-corrected chi connectivity index (χ3v) is 5.47. The summed E-state index contributed by atoms with van der Waals surface area (Å²) in [5, 5.41) is 6.23. The summed E-state index contributed by atoms with van der Waals surface area (Å²) in [6.45, 7) is 3.17. The molecule has 1 heterocycles. The van der Waals surface area contributed by atoms with Crippen LogP contribution in [0.5, 0.6) is 0 Å². The third-order valence-electron chi connectivity index (χ3n) is 4.97. The molecule has 0 bridgehead atoms. The number of carbonyl (C=O) groups excluding carboxylic acids is 1. The summed E-state index contributed by atoms with van der Waals surface area (Å²) in [6.07, 6.45) is 1.73. The molecule has 0 aliphatic carbocycles. The second-order valence-electron chi connectivity index (χ2n) is 7.50. The van der Waals surface area contributed by atoms with Crippen LogP contribution in [0.15, 0.2) is 89.5 Å². The SMILES string of the molecule is Cc1cccc(CNC(=O)c2ccc(-c3ccnc(NCc4cccc(Br)c4)n3)cc2)c1. The Morgan fingerprint density at radius 2 is 1.66 bits per heavy atom. The first-order valence-corrected chi connectivity index (χ1v) is 11.1. The van der Waals surface area contributed by atoms with Crippen LogP contribution < -0.4 is 10.6 Å². The molecular formula is C26H23BrN4O. The maximum Gasteiger partial charge on any atom is 0.251 e. The van der Waals surface area contributed by atoms with E-state index in [0.29, 0.717) is 24.6 Å². The van der Waals surface area contributed by atoms with E-state index in [2.05, 4.69) is 48.7 Å². The molecule has 4 aromatic rings. The number of carbonyl (C=O) groups is 1. The van der Waals surface area contributed by atoms with Crippen molar-refractivity contribution in [3.05, 3.63) is 112 Å². The number of halogens is 1. The molecule has 2 N–H and O–H groups in total. The largest absolute Gasteiger partial charge is 0.350 e. The van der Waals surface area contributed by atoms with E-state index in [1.54, 1.807) is 6.20 Å². The number of anilines is 1. The number of amides is 1. The van der Waals surface area contributed by atoms with E-state index in [0.717, 1.165) is 26.9 Å². The Morgan fingerprint density at radius 1 is 0.906 bits per heavy atom. The molecule has 32 heavy (non-hydrogen) atoms. The van der Waals surface area contributed by atoms with Gasteiger partial charge in [-0.05, 0) is 48.4 Å². The summed E-state index contributed by atoms with van der Waals surface area (Å²) in [5.74, 6) is 0.458. The fraction of sp³-hybridized carbons (Fsp3) is 0.115. The lowest BCUT2D eigenvalue weighted by Gasteiger charge is -2.09. The van der Waals surface area contributed by atoms with Gasteiger partial charge in [-0.15, -0.1) is 0 Å². The lowest BCUT2D eigenvalue weighted by Crippen LogP contribution is -2.22. The topological polar surface area (TPSA) is 66.9 Å². The van der Waals surface area contributed by atoms with Gasteiger partial charge in [0.15, 0.2) is 0 Å². The molecule has 6 heteroatoms. The van der Waals surface area contributed by atoms with E-state index in [9.17, 15) is 4.79 Å². The lowest BCUT2D eigenvalue weighted by molar-refractivity contribution is 0.0951. The number of aryl methyl sites for hydroxylation is 1. The first kappa shape index (κ1) is 21.7. The summed E-state index contributed by atoms with van der Waals surface area (Å²) in [5.41, 5.74) is 5.73.